The van der Waals surface area contributed by atoms with Crippen LogP contribution in [0.4, 0.5) is 0 Å². The number of methoxy groups -OCH3 is 1. The highest BCUT2D eigenvalue weighted by Gasteiger charge is 2.24. The Kier molecular flexibility index (Phi) is 7.23. The van der Waals surface area contributed by atoms with E-state index in [1.165, 1.54) is 0 Å². The van der Waals surface area contributed by atoms with Crippen LogP contribution in [0.2, 0.25) is 0 Å². The number of hydrogen-bond donors (Lipinski definition) is 1. The predicted molar refractivity (Wildman–Crippen MR) is 72.4 cm³/mol. The summed E-state index contributed by atoms with van der Waals surface area (Å²) in [5, 5.41) is 0. The number of carbonyl (C=O) groups excluding carboxylic acids is 1. The summed E-state index contributed by atoms with van der Waals surface area (Å²) in [6.07, 6.45) is 2.68. The molecule has 0 aliphatic carbocycles. The highest BCUT2D eigenvalue weighted by atomic mass is 16.5. The Bertz CT molecular complexity index is 240. The summed E-state index contributed by atoms with van der Waals surface area (Å²) in [6.45, 7) is 7.08. The summed E-state index contributed by atoms with van der Waals surface area (Å²) >= 11 is 0. The summed E-state index contributed by atoms with van der Waals surface area (Å²) in [5.74, 6) is 0.211. The Hall–Kier alpha value is -0.650. The number of ether oxygens (including phenoxy) is 1. The normalized spacial score (nSPS) is 18.9. The van der Waals surface area contributed by atoms with Gasteiger partial charge in [0, 0.05) is 39.3 Å². The minimum absolute atomic E-state index is 0.211. The Morgan fingerprint density at radius 3 is 2.50 bits per heavy atom. The largest absolute Gasteiger partial charge is 0.384 e. The maximum atomic E-state index is 11.8. The van der Waals surface area contributed by atoms with Gasteiger partial charge in [0.1, 0.15) is 0 Å². The van der Waals surface area contributed by atoms with Crippen LogP contribution in [0, 0.1) is 0 Å². The third-order valence-electron chi connectivity index (χ3n) is 3.67. The number of carbonyl (C=O) groups is 1. The molecule has 1 saturated heterocycles. The van der Waals surface area contributed by atoms with E-state index in [4.69, 9.17) is 10.5 Å². The predicted octanol–water partition coefficient (Wildman–Crippen LogP) is 0.295. The zero-order valence-electron chi connectivity index (χ0n) is 11.7. The smallest absolute Gasteiger partial charge is 0.224 e. The van der Waals surface area contributed by atoms with E-state index >= 15 is 0 Å². The van der Waals surface area contributed by atoms with E-state index in [1.54, 1.807) is 7.11 Å². The van der Waals surface area contributed by atoms with Crippen LogP contribution in [0.15, 0.2) is 0 Å². The summed E-state index contributed by atoms with van der Waals surface area (Å²) < 4.78 is 4.94. The van der Waals surface area contributed by atoms with Gasteiger partial charge in [0.2, 0.25) is 5.91 Å². The van der Waals surface area contributed by atoms with Crippen molar-refractivity contribution in [3.63, 3.8) is 0 Å². The number of rotatable bonds is 7. The molecule has 1 atom stereocenters. The number of hydrogen-bond acceptors (Lipinski definition) is 4. The lowest BCUT2D eigenvalue weighted by Gasteiger charge is -2.39. The lowest BCUT2D eigenvalue weighted by molar-refractivity contribution is -0.134. The van der Waals surface area contributed by atoms with Crippen molar-refractivity contribution in [2.45, 2.75) is 32.2 Å². The first-order valence-electron chi connectivity index (χ1n) is 6.93. The quantitative estimate of drug-likeness (QED) is 0.712. The van der Waals surface area contributed by atoms with E-state index in [-0.39, 0.29) is 5.91 Å². The maximum absolute atomic E-state index is 11.8. The van der Waals surface area contributed by atoms with Crippen molar-refractivity contribution in [2.24, 2.45) is 5.73 Å². The molecule has 2 N–H and O–H groups in total. The van der Waals surface area contributed by atoms with Gasteiger partial charge in [0.25, 0.3) is 0 Å². The van der Waals surface area contributed by atoms with Crippen LogP contribution in [0.5, 0.6) is 0 Å². The molecule has 106 valence electrons. The van der Waals surface area contributed by atoms with Crippen LogP contribution in [0.3, 0.4) is 0 Å². The molecule has 1 heterocycles. The van der Waals surface area contributed by atoms with Crippen LogP contribution in [0.25, 0.3) is 0 Å². The lowest BCUT2D eigenvalue weighted by Crippen LogP contribution is -2.52. The van der Waals surface area contributed by atoms with Gasteiger partial charge in [-0.1, -0.05) is 6.92 Å². The third kappa shape index (κ3) is 4.55. The second-order valence-electron chi connectivity index (χ2n) is 4.80. The van der Waals surface area contributed by atoms with E-state index in [9.17, 15) is 4.79 Å². The van der Waals surface area contributed by atoms with Crippen molar-refractivity contribution in [2.75, 3.05) is 46.4 Å². The Morgan fingerprint density at radius 1 is 1.33 bits per heavy atom. The molecule has 0 saturated carbocycles. The van der Waals surface area contributed by atoms with E-state index in [2.05, 4.69) is 11.8 Å². The summed E-state index contributed by atoms with van der Waals surface area (Å²) in [5.41, 5.74) is 5.64. The van der Waals surface area contributed by atoms with Gasteiger partial charge in [0.05, 0.1) is 13.0 Å². The van der Waals surface area contributed by atoms with Crippen LogP contribution in [0.1, 0.15) is 26.2 Å². The molecule has 0 aromatic rings. The van der Waals surface area contributed by atoms with E-state index < -0.39 is 0 Å². The van der Waals surface area contributed by atoms with Crippen molar-refractivity contribution >= 4 is 5.91 Å². The van der Waals surface area contributed by atoms with Crippen molar-refractivity contribution < 1.29 is 9.53 Å². The van der Waals surface area contributed by atoms with Crippen molar-refractivity contribution in [1.29, 1.82) is 0 Å². The van der Waals surface area contributed by atoms with Crippen LogP contribution in [-0.2, 0) is 9.53 Å². The van der Waals surface area contributed by atoms with Crippen LogP contribution >= 0.6 is 0 Å². The van der Waals surface area contributed by atoms with Gasteiger partial charge >= 0.3 is 0 Å². The van der Waals surface area contributed by atoms with E-state index in [0.717, 1.165) is 45.6 Å². The average molecular weight is 257 g/mol. The van der Waals surface area contributed by atoms with Gasteiger partial charge in [-0.3, -0.25) is 9.69 Å². The molecule has 0 spiro atoms. The number of nitrogens with zero attached hydrogens (tertiary/aromatic N) is 2. The van der Waals surface area contributed by atoms with E-state index in [0.29, 0.717) is 19.1 Å². The molecule has 1 aliphatic heterocycles. The minimum Gasteiger partial charge on any atom is -0.384 e. The second-order valence-corrected chi connectivity index (χ2v) is 4.80. The summed E-state index contributed by atoms with van der Waals surface area (Å²) in [4.78, 5) is 16.3. The fourth-order valence-electron chi connectivity index (χ4n) is 2.52. The molecule has 1 aliphatic rings. The molecule has 1 unspecified atom stereocenters. The van der Waals surface area contributed by atoms with Gasteiger partial charge in [-0.2, -0.15) is 0 Å². The average Bonchev–Trinajstić information content (AvgIpc) is 2.42. The fraction of sp³-hybridized carbons (Fsp3) is 0.923. The number of amides is 1. The van der Waals surface area contributed by atoms with Crippen molar-refractivity contribution in [3.05, 3.63) is 0 Å². The first-order chi connectivity index (χ1) is 8.72. The van der Waals surface area contributed by atoms with Gasteiger partial charge < -0.3 is 15.4 Å². The standard InChI is InChI=1S/C13H27N3O2/c1-3-12(4-6-14)15-7-9-16(10-8-15)13(17)5-11-18-2/h12H,3-11,14H2,1-2H3. The topological polar surface area (TPSA) is 58.8 Å². The molecule has 0 aromatic carbocycles. The first kappa shape index (κ1) is 15.4. The Morgan fingerprint density at radius 2 is 2.00 bits per heavy atom. The molecule has 0 bridgehead atoms. The molecule has 0 radical (unpaired) electrons. The highest BCUT2D eigenvalue weighted by molar-refractivity contribution is 5.76. The summed E-state index contributed by atoms with van der Waals surface area (Å²) in [7, 11) is 1.63. The lowest BCUT2D eigenvalue weighted by atomic mass is 10.1. The first-order valence-corrected chi connectivity index (χ1v) is 6.93. The molecular weight excluding hydrogens is 230 g/mol. The monoisotopic (exact) mass is 257 g/mol. The molecule has 1 fully saturated rings. The Labute approximate surface area is 110 Å². The molecule has 5 heteroatoms. The molecular formula is C13H27N3O2. The number of nitrogens with two attached hydrogens (primary N) is 1. The van der Waals surface area contributed by atoms with Gasteiger partial charge in [-0.15, -0.1) is 0 Å². The molecule has 18 heavy (non-hydrogen) atoms. The second kappa shape index (κ2) is 8.45. The van der Waals surface area contributed by atoms with Gasteiger partial charge in [-0.05, 0) is 19.4 Å². The van der Waals surface area contributed by atoms with Gasteiger partial charge in [0.15, 0.2) is 0 Å². The maximum Gasteiger partial charge on any atom is 0.224 e. The van der Waals surface area contributed by atoms with Crippen LogP contribution in [-0.4, -0.2) is 68.2 Å². The molecule has 1 amide bonds. The zero-order chi connectivity index (χ0) is 13.4. The van der Waals surface area contributed by atoms with Gasteiger partial charge in [-0.25, -0.2) is 0 Å². The number of piperazine rings is 1. The Balaban J connectivity index is 2.33. The fourth-order valence-corrected chi connectivity index (χ4v) is 2.52. The van der Waals surface area contributed by atoms with Crippen molar-refractivity contribution in [1.82, 2.24) is 9.80 Å². The third-order valence-corrected chi connectivity index (χ3v) is 3.67. The molecule has 1 rings (SSSR count). The SMILES string of the molecule is CCC(CCN)N1CCN(C(=O)CCOC)CC1. The minimum atomic E-state index is 0.211. The molecule has 0 aromatic heterocycles. The van der Waals surface area contributed by atoms with Crippen LogP contribution < -0.4 is 5.73 Å². The summed E-state index contributed by atoms with van der Waals surface area (Å²) in [6, 6.07) is 0.575. The van der Waals surface area contributed by atoms with E-state index in [1.807, 2.05) is 4.90 Å². The molecule has 5 nitrogen and oxygen atoms in total. The van der Waals surface area contributed by atoms with Crippen molar-refractivity contribution in [3.8, 4) is 0 Å². The zero-order valence-corrected chi connectivity index (χ0v) is 11.7. The highest BCUT2D eigenvalue weighted by Crippen LogP contribution is 2.12.